The number of aromatic nitrogens is 3. The number of rotatable bonds is 9. The molecule has 124 valence electrons. The number of aryl methyl sites for hydroxylation is 1. The number of hydrogen-bond acceptors (Lipinski definition) is 4. The van der Waals surface area contributed by atoms with Crippen molar-refractivity contribution >= 4 is 6.08 Å². The first-order valence-corrected chi connectivity index (χ1v) is 8.07. The molecule has 0 amide bonds. The highest BCUT2D eigenvalue weighted by Gasteiger charge is 2.07. The zero-order valence-electron chi connectivity index (χ0n) is 14.2. The molecule has 0 aliphatic carbocycles. The Balaban J connectivity index is 1.97. The highest BCUT2D eigenvalue weighted by atomic mass is 16.5. The monoisotopic (exact) mass is 315 g/mol. The molecule has 1 aromatic heterocycles. The molecule has 2 aromatic rings. The van der Waals surface area contributed by atoms with E-state index in [0.29, 0.717) is 6.61 Å². The summed E-state index contributed by atoms with van der Waals surface area (Å²) >= 11 is 0. The molecule has 0 saturated heterocycles. The second-order valence-corrected chi connectivity index (χ2v) is 5.69. The molecule has 5 nitrogen and oxygen atoms in total. The summed E-state index contributed by atoms with van der Waals surface area (Å²) in [7, 11) is 0. The molecule has 0 bridgehead atoms. The van der Waals surface area contributed by atoms with Crippen molar-refractivity contribution in [1.82, 2.24) is 15.0 Å². The van der Waals surface area contributed by atoms with Gasteiger partial charge in [0, 0.05) is 12.1 Å². The Morgan fingerprint density at radius 2 is 2.17 bits per heavy atom. The van der Waals surface area contributed by atoms with Crippen LogP contribution in [0.1, 0.15) is 44.9 Å². The lowest BCUT2D eigenvalue weighted by atomic mass is 10.2. The molecule has 0 fully saturated rings. The smallest absolute Gasteiger partial charge is 0.134 e. The summed E-state index contributed by atoms with van der Waals surface area (Å²) in [6.07, 6.45) is 6.06. The summed E-state index contributed by atoms with van der Waals surface area (Å²) in [6, 6.07) is 5.73. The summed E-state index contributed by atoms with van der Waals surface area (Å²) in [5.41, 5.74) is 1.74. The lowest BCUT2D eigenvalue weighted by Crippen LogP contribution is -2.06. The number of ether oxygens (including phenoxy) is 2. The molecule has 0 saturated carbocycles. The van der Waals surface area contributed by atoms with Crippen molar-refractivity contribution < 1.29 is 9.47 Å². The van der Waals surface area contributed by atoms with Crippen molar-refractivity contribution in [3.63, 3.8) is 0 Å². The van der Waals surface area contributed by atoms with Crippen LogP contribution < -0.4 is 9.47 Å². The van der Waals surface area contributed by atoms with Gasteiger partial charge in [-0.25, -0.2) is 0 Å². The van der Waals surface area contributed by atoms with E-state index < -0.39 is 0 Å². The highest BCUT2D eigenvalue weighted by molar-refractivity contribution is 5.58. The lowest BCUT2D eigenvalue weighted by molar-refractivity contribution is 0.241. The first kappa shape index (κ1) is 17.1. The van der Waals surface area contributed by atoms with E-state index in [4.69, 9.17) is 9.47 Å². The maximum absolute atomic E-state index is 5.79. The lowest BCUT2D eigenvalue weighted by Gasteiger charge is -2.13. The van der Waals surface area contributed by atoms with Gasteiger partial charge in [-0.2, -0.15) is 0 Å². The molecule has 5 heteroatoms. The highest BCUT2D eigenvalue weighted by Crippen LogP contribution is 2.26. The van der Waals surface area contributed by atoms with Crippen LogP contribution in [-0.2, 0) is 13.2 Å². The largest absolute Gasteiger partial charge is 0.490 e. The van der Waals surface area contributed by atoms with E-state index in [9.17, 15) is 0 Å². The van der Waals surface area contributed by atoms with Crippen LogP contribution in [0.3, 0.4) is 0 Å². The number of nitrogens with zero attached hydrogens (tertiary/aromatic N) is 3. The maximum atomic E-state index is 5.79. The summed E-state index contributed by atoms with van der Waals surface area (Å²) < 4.78 is 13.4. The SMILES string of the molecule is C=Cc1cc(OCc2cn(CCCC)nn2)ccc1OC(C)C. The molecule has 23 heavy (non-hydrogen) atoms. The number of benzene rings is 1. The Kier molecular flexibility index (Phi) is 6.20. The van der Waals surface area contributed by atoms with Gasteiger partial charge in [0.25, 0.3) is 0 Å². The van der Waals surface area contributed by atoms with Crippen LogP contribution in [-0.4, -0.2) is 21.1 Å². The van der Waals surface area contributed by atoms with Crippen LogP contribution in [0.2, 0.25) is 0 Å². The zero-order chi connectivity index (χ0) is 16.7. The van der Waals surface area contributed by atoms with Gasteiger partial charge in [-0.15, -0.1) is 5.10 Å². The van der Waals surface area contributed by atoms with E-state index in [2.05, 4.69) is 23.8 Å². The molecule has 2 rings (SSSR count). The Morgan fingerprint density at radius 1 is 1.35 bits per heavy atom. The van der Waals surface area contributed by atoms with Crippen molar-refractivity contribution in [1.29, 1.82) is 0 Å². The van der Waals surface area contributed by atoms with E-state index in [1.54, 1.807) is 6.08 Å². The summed E-state index contributed by atoms with van der Waals surface area (Å²) in [5, 5.41) is 8.22. The van der Waals surface area contributed by atoms with Crippen LogP contribution in [0.5, 0.6) is 11.5 Å². The van der Waals surface area contributed by atoms with Gasteiger partial charge in [0.15, 0.2) is 0 Å². The van der Waals surface area contributed by atoms with Gasteiger partial charge in [0.05, 0.1) is 12.3 Å². The van der Waals surface area contributed by atoms with Crippen molar-refractivity contribution in [2.45, 2.75) is 52.9 Å². The topological polar surface area (TPSA) is 49.2 Å². The Labute approximate surface area is 137 Å². The van der Waals surface area contributed by atoms with E-state index in [0.717, 1.165) is 42.1 Å². The normalized spacial score (nSPS) is 10.8. The van der Waals surface area contributed by atoms with Crippen LogP contribution in [0.4, 0.5) is 0 Å². The van der Waals surface area contributed by atoms with Gasteiger partial charge in [-0.3, -0.25) is 4.68 Å². The van der Waals surface area contributed by atoms with Gasteiger partial charge in [-0.1, -0.05) is 31.2 Å². The fraction of sp³-hybridized carbons (Fsp3) is 0.444. The molecule has 1 aromatic carbocycles. The molecular formula is C18H25N3O2. The summed E-state index contributed by atoms with van der Waals surface area (Å²) in [4.78, 5) is 0. The molecule has 0 radical (unpaired) electrons. The number of hydrogen-bond donors (Lipinski definition) is 0. The van der Waals surface area contributed by atoms with Crippen LogP contribution >= 0.6 is 0 Å². The molecule has 0 unspecified atom stereocenters. The Bertz CT molecular complexity index is 635. The van der Waals surface area contributed by atoms with E-state index in [1.807, 2.05) is 42.9 Å². The quantitative estimate of drug-likeness (QED) is 0.699. The summed E-state index contributed by atoms with van der Waals surface area (Å²) in [6.45, 7) is 11.3. The zero-order valence-corrected chi connectivity index (χ0v) is 14.2. The standard InChI is InChI=1S/C18H25N3O2/c1-5-7-10-21-12-16(19-20-21)13-22-17-8-9-18(23-14(3)4)15(6-2)11-17/h6,8-9,11-12,14H,2,5,7,10,13H2,1,3-4H3. The molecule has 0 atom stereocenters. The average molecular weight is 315 g/mol. The Morgan fingerprint density at radius 3 is 2.87 bits per heavy atom. The first-order valence-electron chi connectivity index (χ1n) is 8.07. The minimum absolute atomic E-state index is 0.124. The van der Waals surface area contributed by atoms with Crippen LogP contribution in [0.25, 0.3) is 6.08 Å². The average Bonchev–Trinajstić information content (AvgIpc) is 2.99. The fourth-order valence-electron chi connectivity index (χ4n) is 2.13. The summed E-state index contributed by atoms with van der Waals surface area (Å²) in [5.74, 6) is 1.58. The predicted octanol–water partition coefficient (Wildman–Crippen LogP) is 4.09. The van der Waals surface area contributed by atoms with Gasteiger partial charge in [0.1, 0.15) is 23.8 Å². The maximum Gasteiger partial charge on any atom is 0.134 e. The molecule has 0 spiro atoms. The van der Waals surface area contributed by atoms with Crippen molar-refractivity contribution in [3.05, 3.63) is 42.2 Å². The second kappa shape index (κ2) is 8.36. The second-order valence-electron chi connectivity index (χ2n) is 5.69. The fourth-order valence-corrected chi connectivity index (χ4v) is 2.13. The van der Waals surface area contributed by atoms with Crippen molar-refractivity contribution in [2.75, 3.05) is 0 Å². The van der Waals surface area contributed by atoms with Crippen LogP contribution in [0, 0.1) is 0 Å². The third kappa shape index (κ3) is 5.13. The van der Waals surface area contributed by atoms with Crippen molar-refractivity contribution in [2.24, 2.45) is 0 Å². The van der Waals surface area contributed by atoms with Crippen LogP contribution in [0.15, 0.2) is 31.0 Å². The van der Waals surface area contributed by atoms with Crippen molar-refractivity contribution in [3.8, 4) is 11.5 Å². The third-order valence-electron chi connectivity index (χ3n) is 3.28. The van der Waals surface area contributed by atoms with E-state index >= 15 is 0 Å². The Hall–Kier alpha value is -2.30. The minimum atomic E-state index is 0.124. The minimum Gasteiger partial charge on any atom is -0.490 e. The molecule has 0 N–H and O–H groups in total. The van der Waals surface area contributed by atoms with E-state index in [1.165, 1.54) is 0 Å². The third-order valence-corrected chi connectivity index (χ3v) is 3.28. The first-order chi connectivity index (χ1) is 11.1. The molecular weight excluding hydrogens is 290 g/mol. The molecule has 0 aliphatic heterocycles. The molecule has 0 aliphatic rings. The predicted molar refractivity (Wildman–Crippen MR) is 91.6 cm³/mol. The molecule has 1 heterocycles. The van der Waals surface area contributed by atoms with Gasteiger partial charge in [0.2, 0.25) is 0 Å². The van der Waals surface area contributed by atoms with E-state index in [-0.39, 0.29) is 6.10 Å². The van der Waals surface area contributed by atoms with Gasteiger partial charge < -0.3 is 9.47 Å². The van der Waals surface area contributed by atoms with Gasteiger partial charge >= 0.3 is 0 Å². The van der Waals surface area contributed by atoms with Gasteiger partial charge in [-0.05, 0) is 38.5 Å². The number of unbranched alkanes of at least 4 members (excludes halogenated alkanes) is 1.